The topological polar surface area (TPSA) is 29.5 Å². The van der Waals surface area contributed by atoms with Crippen molar-refractivity contribution >= 4 is 12.0 Å². The first-order valence-corrected chi connectivity index (χ1v) is 11.5. The summed E-state index contributed by atoms with van der Waals surface area (Å²) in [6.45, 7) is 5.73. The van der Waals surface area contributed by atoms with Gasteiger partial charge in [0.25, 0.3) is 5.91 Å². The molecule has 3 aromatic carbocycles. The van der Waals surface area contributed by atoms with Gasteiger partial charge in [-0.1, -0.05) is 68.5 Å². The fourth-order valence-corrected chi connectivity index (χ4v) is 4.63. The first-order chi connectivity index (χ1) is 15.5. The standard InChI is InChI=1S/C29H29NO2/c1-21(2)22-8-10-24(11-9-22)28(31)30-18-16-29(17-19-30)15-14-26-20-25(12-13-27(26)32-29)23-6-4-3-5-7-23/h3-15,20-21H,16-19H2,1-2H3. The van der Waals surface area contributed by atoms with E-state index < -0.39 is 0 Å². The van der Waals surface area contributed by atoms with Gasteiger partial charge in [0.1, 0.15) is 11.4 Å². The summed E-state index contributed by atoms with van der Waals surface area (Å²) in [5.74, 6) is 1.51. The van der Waals surface area contributed by atoms with E-state index in [9.17, 15) is 4.79 Å². The van der Waals surface area contributed by atoms with Crippen molar-refractivity contribution in [3.8, 4) is 16.9 Å². The van der Waals surface area contributed by atoms with Gasteiger partial charge in [-0.25, -0.2) is 0 Å². The minimum absolute atomic E-state index is 0.114. The van der Waals surface area contributed by atoms with E-state index in [1.54, 1.807) is 0 Å². The quantitative estimate of drug-likeness (QED) is 0.478. The van der Waals surface area contributed by atoms with Crippen LogP contribution in [0.15, 0.2) is 78.9 Å². The summed E-state index contributed by atoms with van der Waals surface area (Å²) in [5.41, 5.74) is 5.22. The van der Waals surface area contributed by atoms with Crippen molar-refractivity contribution in [1.29, 1.82) is 0 Å². The van der Waals surface area contributed by atoms with Gasteiger partial charge in [0, 0.05) is 37.1 Å². The van der Waals surface area contributed by atoms with Crippen molar-refractivity contribution in [3.63, 3.8) is 0 Å². The maximum absolute atomic E-state index is 13.0. The molecule has 0 atom stereocenters. The normalized spacial score (nSPS) is 16.7. The second-order valence-corrected chi connectivity index (χ2v) is 9.19. The molecule has 3 heteroatoms. The number of likely N-dealkylation sites (tertiary alicyclic amines) is 1. The predicted octanol–water partition coefficient (Wildman–Crippen LogP) is 6.56. The van der Waals surface area contributed by atoms with Gasteiger partial charge in [-0.3, -0.25) is 4.79 Å². The molecule has 0 bridgehead atoms. The smallest absolute Gasteiger partial charge is 0.253 e. The zero-order chi connectivity index (χ0) is 22.1. The van der Waals surface area contributed by atoms with Gasteiger partial charge < -0.3 is 9.64 Å². The van der Waals surface area contributed by atoms with Crippen molar-refractivity contribution in [2.75, 3.05) is 13.1 Å². The Morgan fingerprint density at radius 1 is 0.906 bits per heavy atom. The van der Waals surface area contributed by atoms with Crippen LogP contribution in [0.2, 0.25) is 0 Å². The highest BCUT2D eigenvalue weighted by Crippen LogP contribution is 2.39. The molecule has 162 valence electrons. The minimum atomic E-state index is -0.320. The van der Waals surface area contributed by atoms with E-state index in [2.05, 4.69) is 80.6 Å². The minimum Gasteiger partial charge on any atom is -0.482 e. The van der Waals surface area contributed by atoms with Gasteiger partial charge in [-0.15, -0.1) is 0 Å². The molecule has 1 amide bonds. The third kappa shape index (κ3) is 3.95. The molecule has 2 aliphatic rings. The number of fused-ring (bicyclic) bond motifs is 1. The Morgan fingerprint density at radius 3 is 2.31 bits per heavy atom. The number of hydrogen-bond donors (Lipinski definition) is 0. The Labute approximate surface area is 190 Å². The van der Waals surface area contributed by atoms with Crippen LogP contribution in [0.1, 0.15) is 54.1 Å². The van der Waals surface area contributed by atoms with Crippen LogP contribution in [0.3, 0.4) is 0 Å². The van der Waals surface area contributed by atoms with Crippen molar-refractivity contribution in [1.82, 2.24) is 4.90 Å². The maximum atomic E-state index is 13.0. The molecular weight excluding hydrogens is 394 g/mol. The fraction of sp³-hybridized carbons (Fsp3) is 0.276. The van der Waals surface area contributed by atoms with Crippen LogP contribution in [-0.2, 0) is 0 Å². The lowest BCUT2D eigenvalue weighted by Gasteiger charge is -2.42. The van der Waals surface area contributed by atoms with Crippen molar-refractivity contribution in [2.24, 2.45) is 0 Å². The number of hydrogen-bond acceptors (Lipinski definition) is 2. The molecule has 1 saturated heterocycles. The van der Waals surface area contributed by atoms with Crippen LogP contribution in [0.5, 0.6) is 5.75 Å². The molecule has 1 fully saturated rings. The van der Waals surface area contributed by atoms with Crippen molar-refractivity contribution in [2.45, 2.75) is 38.2 Å². The van der Waals surface area contributed by atoms with E-state index in [-0.39, 0.29) is 11.5 Å². The highest BCUT2D eigenvalue weighted by Gasteiger charge is 2.38. The molecule has 3 nitrogen and oxygen atoms in total. The van der Waals surface area contributed by atoms with Gasteiger partial charge in [-0.2, -0.15) is 0 Å². The van der Waals surface area contributed by atoms with Crippen LogP contribution in [0.4, 0.5) is 0 Å². The lowest BCUT2D eigenvalue weighted by Crippen LogP contribution is -2.49. The third-order valence-corrected chi connectivity index (χ3v) is 6.72. The maximum Gasteiger partial charge on any atom is 0.253 e. The number of amides is 1. The molecule has 0 saturated carbocycles. The first kappa shape index (κ1) is 20.6. The summed E-state index contributed by atoms with van der Waals surface area (Å²) in [5, 5.41) is 0. The van der Waals surface area contributed by atoms with Crippen LogP contribution in [0, 0.1) is 0 Å². The Kier molecular flexibility index (Phi) is 5.34. The van der Waals surface area contributed by atoms with Gasteiger partial charge >= 0.3 is 0 Å². The largest absolute Gasteiger partial charge is 0.482 e. The fourth-order valence-electron chi connectivity index (χ4n) is 4.63. The first-order valence-electron chi connectivity index (χ1n) is 11.5. The number of rotatable bonds is 3. The Morgan fingerprint density at radius 2 is 1.62 bits per heavy atom. The van der Waals surface area contributed by atoms with Crippen molar-refractivity contribution in [3.05, 3.63) is 95.6 Å². The van der Waals surface area contributed by atoms with Crippen LogP contribution in [0.25, 0.3) is 17.2 Å². The van der Waals surface area contributed by atoms with E-state index in [1.807, 2.05) is 23.1 Å². The van der Waals surface area contributed by atoms with Crippen LogP contribution >= 0.6 is 0 Å². The number of nitrogens with zero attached hydrogens (tertiary/aromatic N) is 1. The van der Waals surface area contributed by atoms with E-state index in [1.165, 1.54) is 16.7 Å². The number of carbonyl (C=O) groups excluding carboxylic acids is 1. The number of piperidine rings is 1. The molecule has 0 radical (unpaired) electrons. The predicted molar refractivity (Wildman–Crippen MR) is 130 cm³/mol. The molecule has 5 rings (SSSR count). The number of ether oxygens (including phenoxy) is 1. The Bertz CT molecular complexity index is 1140. The number of carbonyl (C=O) groups is 1. The molecule has 0 N–H and O–H groups in total. The molecule has 2 aliphatic heterocycles. The molecule has 3 aromatic rings. The average molecular weight is 424 g/mol. The van der Waals surface area contributed by atoms with Crippen LogP contribution < -0.4 is 4.74 Å². The summed E-state index contributed by atoms with van der Waals surface area (Å²) < 4.78 is 6.50. The average Bonchev–Trinajstić information content (AvgIpc) is 2.84. The summed E-state index contributed by atoms with van der Waals surface area (Å²) >= 11 is 0. The third-order valence-electron chi connectivity index (χ3n) is 6.72. The Balaban J connectivity index is 1.27. The molecule has 0 aromatic heterocycles. The summed E-state index contributed by atoms with van der Waals surface area (Å²) in [7, 11) is 0. The highest BCUT2D eigenvalue weighted by molar-refractivity contribution is 5.94. The molecule has 0 aliphatic carbocycles. The van der Waals surface area contributed by atoms with Gasteiger partial charge in [-0.05, 0) is 52.9 Å². The molecule has 1 spiro atoms. The summed E-state index contributed by atoms with van der Waals surface area (Å²) in [6, 6.07) is 24.8. The molecule has 2 heterocycles. The lowest BCUT2D eigenvalue weighted by atomic mass is 9.87. The molecule has 0 unspecified atom stereocenters. The summed E-state index contributed by atoms with van der Waals surface area (Å²) in [6.07, 6.45) is 6.00. The second kappa shape index (κ2) is 8.31. The van der Waals surface area contributed by atoms with Gasteiger partial charge in [0.15, 0.2) is 0 Å². The van der Waals surface area contributed by atoms with Crippen molar-refractivity contribution < 1.29 is 9.53 Å². The lowest BCUT2D eigenvalue weighted by molar-refractivity contribution is 0.0329. The SMILES string of the molecule is CC(C)c1ccc(C(=O)N2CCC3(C=Cc4cc(-c5ccccc5)ccc4O3)CC2)cc1. The zero-order valence-electron chi connectivity index (χ0n) is 18.8. The van der Waals surface area contributed by atoms with E-state index in [0.717, 1.165) is 29.7 Å². The highest BCUT2D eigenvalue weighted by atomic mass is 16.5. The summed E-state index contributed by atoms with van der Waals surface area (Å²) in [4.78, 5) is 14.9. The van der Waals surface area contributed by atoms with E-state index in [4.69, 9.17) is 4.74 Å². The monoisotopic (exact) mass is 423 g/mol. The van der Waals surface area contributed by atoms with E-state index >= 15 is 0 Å². The van der Waals surface area contributed by atoms with Gasteiger partial charge in [0.2, 0.25) is 0 Å². The molecule has 32 heavy (non-hydrogen) atoms. The Hall–Kier alpha value is -3.33. The number of benzene rings is 3. The second-order valence-electron chi connectivity index (χ2n) is 9.19. The van der Waals surface area contributed by atoms with Crippen LogP contribution in [-0.4, -0.2) is 29.5 Å². The van der Waals surface area contributed by atoms with Gasteiger partial charge in [0.05, 0.1) is 0 Å². The molecular formula is C29H29NO2. The zero-order valence-corrected chi connectivity index (χ0v) is 18.8. The van der Waals surface area contributed by atoms with E-state index in [0.29, 0.717) is 19.0 Å².